The monoisotopic (exact) mass is 454 g/mol. The van der Waals surface area contributed by atoms with Crippen LogP contribution in [0.5, 0.6) is 0 Å². The van der Waals surface area contributed by atoms with Gasteiger partial charge in [-0.2, -0.15) is 0 Å². The highest BCUT2D eigenvalue weighted by molar-refractivity contribution is 8.93. The highest BCUT2D eigenvalue weighted by Crippen LogP contribution is 2.14. The molecule has 0 amide bonds. The van der Waals surface area contributed by atoms with Crippen molar-refractivity contribution in [1.29, 1.82) is 0 Å². The molecule has 1 heterocycles. The van der Waals surface area contributed by atoms with E-state index in [0.717, 1.165) is 0 Å². The third kappa shape index (κ3) is 5.34. The Balaban J connectivity index is 0.00000243. The number of Topliss-reactive ketones (excluding diaryl/α,β-unsaturated/α-hetero) is 2. The highest BCUT2D eigenvalue weighted by atomic mass is 79.9. The van der Waals surface area contributed by atoms with Gasteiger partial charge in [-0.05, 0) is 48.5 Å². The van der Waals surface area contributed by atoms with Crippen molar-refractivity contribution in [3.05, 3.63) is 82.1 Å². The predicted molar refractivity (Wildman–Crippen MR) is 109 cm³/mol. The van der Waals surface area contributed by atoms with E-state index in [0.29, 0.717) is 27.8 Å². The average Bonchev–Trinajstić information content (AvgIpc) is 3.02. The summed E-state index contributed by atoms with van der Waals surface area (Å²) in [5.74, 6) is 0.0133. The van der Waals surface area contributed by atoms with Gasteiger partial charge >= 0.3 is 0 Å². The van der Waals surface area contributed by atoms with Crippen molar-refractivity contribution in [3.8, 4) is 0 Å². The summed E-state index contributed by atoms with van der Waals surface area (Å²) in [6.07, 6.45) is 3.64. The molecule has 26 heavy (non-hydrogen) atoms. The summed E-state index contributed by atoms with van der Waals surface area (Å²) >= 11 is 11.7. The molecule has 0 aromatic heterocycles. The van der Waals surface area contributed by atoms with Crippen LogP contribution in [0.2, 0.25) is 10.0 Å². The Morgan fingerprint density at radius 2 is 1.08 bits per heavy atom. The van der Waals surface area contributed by atoms with Crippen molar-refractivity contribution in [3.63, 3.8) is 0 Å². The number of hydrogen-bond acceptors (Lipinski definition) is 4. The fourth-order valence-corrected chi connectivity index (χ4v) is 2.80. The number of carbonyl (C=O) groups is 2. The minimum atomic E-state index is 0. The zero-order valence-corrected chi connectivity index (χ0v) is 17.0. The standard InChI is InChI=1S/C19H16Cl2N2O2.BrH/c20-16-5-1-14(2-6-16)18(24)11-22-9-10-23(13-22)12-19(25)15-3-7-17(21)8-4-15;/h1-10H,11-13H2;1H. The van der Waals surface area contributed by atoms with Gasteiger partial charge in [0, 0.05) is 33.6 Å². The number of hydrogen-bond donors (Lipinski definition) is 0. The van der Waals surface area contributed by atoms with E-state index in [2.05, 4.69) is 0 Å². The van der Waals surface area contributed by atoms with Crippen LogP contribution in [0.4, 0.5) is 0 Å². The van der Waals surface area contributed by atoms with E-state index in [4.69, 9.17) is 23.2 Å². The topological polar surface area (TPSA) is 40.6 Å². The van der Waals surface area contributed by atoms with E-state index >= 15 is 0 Å². The number of halogens is 3. The van der Waals surface area contributed by atoms with Crippen LogP contribution in [-0.2, 0) is 0 Å². The van der Waals surface area contributed by atoms with E-state index in [1.165, 1.54) is 0 Å². The van der Waals surface area contributed by atoms with Crippen LogP contribution in [0.1, 0.15) is 20.7 Å². The number of rotatable bonds is 6. The molecule has 0 N–H and O–H groups in total. The van der Waals surface area contributed by atoms with Crippen LogP contribution >= 0.6 is 40.2 Å². The SMILES string of the molecule is Br.O=C(CN1C=CN(CC(=O)c2ccc(Cl)cc2)C1)c1ccc(Cl)cc1. The lowest BCUT2D eigenvalue weighted by atomic mass is 10.1. The molecule has 1 aliphatic heterocycles. The molecule has 2 aromatic rings. The predicted octanol–water partition coefficient (Wildman–Crippen LogP) is 4.68. The van der Waals surface area contributed by atoms with Gasteiger partial charge in [-0.25, -0.2) is 0 Å². The Morgan fingerprint density at radius 1 is 0.731 bits per heavy atom. The molecule has 136 valence electrons. The van der Waals surface area contributed by atoms with Gasteiger partial charge in [-0.15, -0.1) is 17.0 Å². The third-order valence-electron chi connectivity index (χ3n) is 3.88. The first-order valence-corrected chi connectivity index (χ1v) is 8.51. The van der Waals surface area contributed by atoms with Gasteiger partial charge in [0.1, 0.15) is 0 Å². The fourth-order valence-electron chi connectivity index (χ4n) is 2.54. The summed E-state index contributed by atoms with van der Waals surface area (Å²) in [5.41, 5.74) is 1.24. The molecular weight excluding hydrogens is 439 g/mol. The summed E-state index contributed by atoms with van der Waals surface area (Å²) in [4.78, 5) is 28.3. The Hall–Kier alpha value is -1.82. The van der Waals surface area contributed by atoms with Crippen molar-refractivity contribution < 1.29 is 9.59 Å². The quantitative estimate of drug-likeness (QED) is 0.592. The van der Waals surface area contributed by atoms with Gasteiger partial charge in [0.15, 0.2) is 11.6 Å². The number of carbonyl (C=O) groups excluding carboxylic acids is 2. The smallest absolute Gasteiger partial charge is 0.182 e. The van der Waals surface area contributed by atoms with Crippen LogP contribution in [-0.4, -0.2) is 41.1 Å². The maximum atomic E-state index is 12.3. The molecule has 0 fully saturated rings. The Kier molecular flexibility index (Phi) is 7.26. The molecule has 0 spiro atoms. The lowest BCUT2D eigenvalue weighted by Crippen LogP contribution is -2.32. The summed E-state index contributed by atoms with van der Waals surface area (Å²) in [6, 6.07) is 13.7. The molecule has 1 aliphatic rings. The summed E-state index contributed by atoms with van der Waals surface area (Å²) in [5, 5.41) is 1.20. The fraction of sp³-hybridized carbons (Fsp3) is 0.158. The molecule has 0 radical (unpaired) electrons. The van der Waals surface area contributed by atoms with E-state index < -0.39 is 0 Å². The molecular formula is C19H17BrCl2N2O2. The Labute approximate surface area is 172 Å². The summed E-state index contributed by atoms with van der Waals surface area (Å²) in [7, 11) is 0. The second-order valence-electron chi connectivity index (χ2n) is 5.79. The van der Waals surface area contributed by atoms with E-state index in [-0.39, 0.29) is 41.6 Å². The van der Waals surface area contributed by atoms with Crippen LogP contribution < -0.4 is 0 Å². The summed E-state index contributed by atoms with van der Waals surface area (Å²) in [6.45, 7) is 1.01. The molecule has 2 aromatic carbocycles. The van der Waals surface area contributed by atoms with Gasteiger partial charge in [-0.3, -0.25) is 9.59 Å². The van der Waals surface area contributed by atoms with Crippen LogP contribution in [0.15, 0.2) is 60.9 Å². The Bertz CT molecular complexity index is 740. The second-order valence-corrected chi connectivity index (χ2v) is 6.67. The molecule has 7 heteroatoms. The lowest BCUT2D eigenvalue weighted by molar-refractivity contribution is 0.0921. The number of ketones is 2. The minimum Gasteiger partial charge on any atom is -0.351 e. The number of nitrogens with zero attached hydrogens (tertiary/aromatic N) is 2. The van der Waals surface area contributed by atoms with Crippen molar-refractivity contribution in [2.24, 2.45) is 0 Å². The zero-order chi connectivity index (χ0) is 17.8. The molecule has 0 unspecified atom stereocenters. The van der Waals surface area contributed by atoms with E-state index in [9.17, 15) is 9.59 Å². The van der Waals surface area contributed by atoms with E-state index in [1.54, 1.807) is 48.5 Å². The van der Waals surface area contributed by atoms with Crippen molar-refractivity contribution in [1.82, 2.24) is 9.80 Å². The molecule has 0 saturated carbocycles. The molecule has 4 nitrogen and oxygen atoms in total. The normalized spacial score (nSPS) is 12.8. The second kappa shape index (κ2) is 9.21. The van der Waals surface area contributed by atoms with Gasteiger partial charge in [0.05, 0.1) is 19.8 Å². The maximum absolute atomic E-state index is 12.3. The zero-order valence-electron chi connectivity index (χ0n) is 13.8. The molecule has 0 bridgehead atoms. The molecule has 0 saturated heterocycles. The highest BCUT2D eigenvalue weighted by Gasteiger charge is 2.18. The lowest BCUT2D eigenvalue weighted by Gasteiger charge is -2.20. The molecule has 0 aliphatic carbocycles. The minimum absolute atomic E-state index is 0. The third-order valence-corrected chi connectivity index (χ3v) is 4.38. The Morgan fingerprint density at radius 3 is 1.42 bits per heavy atom. The largest absolute Gasteiger partial charge is 0.351 e. The first-order chi connectivity index (χ1) is 12.0. The van der Waals surface area contributed by atoms with E-state index in [1.807, 2.05) is 22.2 Å². The van der Waals surface area contributed by atoms with Gasteiger partial charge in [0.2, 0.25) is 0 Å². The first kappa shape index (κ1) is 20.5. The van der Waals surface area contributed by atoms with Crippen molar-refractivity contribution in [2.75, 3.05) is 19.8 Å². The summed E-state index contributed by atoms with van der Waals surface area (Å²) < 4.78 is 0. The van der Waals surface area contributed by atoms with Crippen LogP contribution in [0.25, 0.3) is 0 Å². The van der Waals surface area contributed by atoms with Crippen LogP contribution in [0, 0.1) is 0 Å². The molecule has 0 atom stereocenters. The van der Waals surface area contributed by atoms with Crippen LogP contribution in [0.3, 0.4) is 0 Å². The van der Waals surface area contributed by atoms with Gasteiger partial charge < -0.3 is 9.80 Å². The molecule has 3 rings (SSSR count). The van der Waals surface area contributed by atoms with Crippen molar-refractivity contribution >= 4 is 51.7 Å². The first-order valence-electron chi connectivity index (χ1n) is 7.75. The maximum Gasteiger partial charge on any atom is 0.182 e. The van der Waals surface area contributed by atoms with Crippen molar-refractivity contribution in [2.45, 2.75) is 0 Å². The average molecular weight is 456 g/mol. The number of benzene rings is 2. The van der Waals surface area contributed by atoms with Gasteiger partial charge in [0.25, 0.3) is 0 Å². The van der Waals surface area contributed by atoms with Gasteiger partial charge in [-0.1, -0.05) is 23.2 Å².